The molecule has 0 bridgehead atoms. The van der Waals surface area contributed by atoms with Crippen molar-refractivity contribution in [2.45, 2.75) is 45.2 Å². The van der Waals surface area contributed by atoms with E-state index < -0.39 is 6.04 Å². The number of halogens is 3. The molecule has 1 aliphatic heterocycles. The van der Waals surface area contributed by atoms with Gasteiger partial charge in [0.1, 0.15) is 0 Å². The van der Waals surface area contributed by atoms with Crippen molar-refractivity contribution in [3.63, 3.8) is 0 Å². The highest BCUT2D eigenvalue weighted by Crippen LogP contribution is 2.26. The second-order valence-corrected chi connectivity index (χ2v) is 7.23. The minimum Gasteiger partial charge on any atom is -0.353 e. The van der Waals surface area contributed by atoms with E-state index in [-0.39, 0.29) is 36.8 Å². The molecule has 0 aliphatic carbocycles. The van der Waals surface area contributed by atoms with Crippen molar-refractivity contribution in [3.05, 3.63) is 34.9 Å². The van der Waals surface area contributed by atoms with Crippen LogP contribution in [0.3, 0.4) is 0 Å². The van der Waals surface area contributed by atoms with Crippen LogP contribution in [0, 0.1) is 5.92 Å². The van der Waals surface area contributed by atoms with Gasteiger partial charge in [-0.25, -0.2) is 0 Å². The van der Waals surface area contributed by atoms with E-state index in [1.54, 1.807) is 0 Å². The standard InChI is InChI=1S/C18H28ClN3O.2ClH/c1-13(2)10-16(20)18(23)21-12-17(22-8-3-4-9-22)14-6-5-7-15(19)11-14;;/h5-7,11,13,16-17H,3-4,8-10,12,20H2,1-2H3,(H,21,23);2*1H/t16-,17?;;/m0../s1. The minimum absolute atomic E-state index is 0. The Kier molecular flexibility index (Phi) is 11.7. The molecule has 1 aromatic carbocycles. The summed E-state index contributed by atoms with van der Waals surface area (Å²) in [6, 6.07) is 7.64. The smallest absolute Gasteiger partial charge is 0.236 e. The van der Waals surface area contributed by atoms with Crippen molar-refractivity contribution in [2.24, 2.45) is 11.7 Å². The van der Waals surface area contributed by atoms with E-state index in [9.17, 15) is 4.79 Å². The van der Waals surface area contributed by atoms with Crippen LogP contribution < -0.4 is 11.1 Å². The van der Waals surface area contributed by atoms with Crippen LogP contribution in [-0.4, -0.2) is 36.5 Å². The van der Waals surface area contributed by atoms with E-state index in [4.69, 9.17) is 17.3 Å². The Bertz CT molecular complexity index is 522. The van der Waals surface area contributed by atoms with Crippen LogP contribution in [0.5, 0.6) is 0 Å². The van der Waals surface area contributed by atoms with Crippen LogP contribution in [0.1, 0.15) is 44.7 Å². The van der Waals surface area contributed by atoms with Crippen molar-refractivity contribution in [2.75, 3.05) is 19.6 Å². The highest BCUT2D eigenvalue weighted by molar-refractivity contribution is 6.30. The number of carbonyl (C=O) groups excluding carboxylic acids is 1. The fraction of sp³-hybridized carbons (Fsp3) is 0.611. The number of carbonyl (C=O) groups is 1. The quantitative estimate of drug-likeness (QED) is 0.718. The summed E-state index contributed by atoms with van der Waals surface area (Å²) in [4.78, 5) is 14.6. The van der Waals surface area contributed by atoms with E-state index in [2.05, 4.69) is 30.1 Å². The number of benzene rings is 1. The van der Waals surface area contributed by atoms with Gasteiger partial charge in [0, 0.05) is 11.6 Å². The molecule has 4 nitrogen and oxygen atoms in total. The number of likely N-dealkylation sites (tertiary alicyclic amines) is 1. The highest BCUT2D eigenvalue weighted by atomic mass is 35.5. The SMILES string of the molecule is CC(C)C[C@H](N)C(=O)NCC(c1cccc(Cl)c1)N1CCCC1.Cl.Cl. The van der Waals surface area contributed by atoms with Gasteiger partial charge in [-0.2, -0.15) is 0 Å². The minimum atomic E-state index is -0.436. The van der Waals surface area contributed by atoms with E-state index in [1.165, 1.54) is 12.8 Å². The van der Waals surface area contributed by atoms with E-state index in [0.717, 1.165) is 23.7 Å². The topological polar surface area (TPSA) is 58.4 Å². The first-order chi connectivity index (χ1) is 11.0. The third kappa shape index (κ3) is 7.71. The zero-order chi connectivity index (χ0) is 16.8. The summed E-state index contributed by atoms with van der Waals surface area (Å²) in [5.74, 6) is 0.350. The van der Waals surface area contributed by atoms with Gasteiger partial charge in [-0.1, -0.05) is 37.6 Å². The van der Waals surface area contributed by atoms with E-state index in [1.807, 2.05) is 18.2 Å². The lowest BCUT2D eigenvalue weighted by Crippen LogP contribution is -2.45. The van der Waals surface area contributed by atoms with Gasteiger partial charge in [0.05, 0.1) is 12.1 Å². The van der Waals surface area contributed by atoms with Gasteiger partial charge >= 0.3 is 0 Å². The summed E-state index contributed by atoms with van der Waals surface area (Å²) in [7, 11) is 0. The molecule has 2 rings (SSSR count). The van der Waals surface area contributed by atoms with E-state index >= 15 is 0 Å². The zero-order valence-electron chi connectivity index (χ0n) is 14.9. The largest absolute Gasteiger partial charge is 0.353 e. The first-order valence-corrected chi connectivity index (χ1v) is 8.88. The van der Waals surface area contributed by atoms with Crippen LogP contribution >= 0.6 is 36.4 Å². The van der Waals surface area contributed by atoms with Crippen LogP contribution in [-0.2, 0) is 4.79 Å². The third-order valence-electron chi connectivity index (χ3n) is 4.35. The number of nitrogens with zero attached hydrogens (tertiary/aromatic N) is 1. The maximum atomic E-state index is 12.2. The molecule has 1 saturated heterocycles. The molecule has 1 fully saturated rings. The molecule has 3 N–H and O–H groups in total. The highest BCUT2D eigenvalue weighted by Gasteiger charge is 2.25. The maximum Gasteiger partial charge on any atom is 0.236 e. The van der Waals surface area contributed by atoms with Gasteiger partial charge in [-0.3, -0.25) is 9.69 Å². The molecule has 0 radical (unpaired) electrons. The van der Waals surface area contributed by atoms with Gasteiger partial charge in [0.15, 0.2) is 0 Å². The molecular weight excluding hydrogens is 381 g/mol. The number of nitrogens with two attached hydrogens (primary N) is 1. The number of rotatable bonds is 7. The molecule has 1 amide bonds. The van der Waals surface area contributed by atoms with E-state index in [0.29, 0.717) is 18.9 Å². The van der Waals surface area contributed by atoms with Crippen molar-refractivity contribution >= 4 is 42.3 Å². The lowest BCUT2D eigenvalue weighted by Gasteiger charge is -2.29. The van der Waals surface area contributed by atoms with Crippen LogP contribution in [0.4, 0.5) is 0 Å². The number of hydrogen-bond donors (Lipinski definition) is 2. The predicted molar refractivity (Wildman–Crippen MR) is 110 cm³/mol. The summed E-state index contributed by atoms with van der Waals surface area (Å²) in [5.41, 5.74) is 7.12. The summed E-state index contributed by atoms with van der Waals surface area (Å²) in [5, 5.41) is 3.77. The van der Waals surface area contributed by atoms with Crippen LogP contribution in [0.2, 0.25) is 5.02 Å². The van der Waals surface area contributed by atoms with Gasteiger partial charge in [-0.05, 0) is 56.0 Å². The van der Waals surface area contributed by atoms with Crippen LogP contribution in [0.25, 0.3) is 0 Å². The molecule has 1 aliphatic rings. The fourth-order valence-corrected chi connectivity index (χ4v) is 3.37. The molecule has 0 spiro atoms. The first kappa shape index (κ1) is 24.5. The van der Waals surface area contributed by atoms with Gasteiger partial charge in [0.2, 0.25) is 5.91 Å². The molecule has 1 aromatic rings. The Morgan fingerprint density at radius 3 is 2.48 bits per heavy atom. The predicted octanol–water partition coefficient (Wildman–Crippen LogP) is 3.81. The molecule has 25 heavy (non-hydrogen) atoms. The Morgan fingerprint density at radius 2 is 1.92 bits per heavy atom. The molecule has 1 unspecified atom stereocenters. The number of nitrogens with one attached hydrogen (secondary N) is 1. The lowest BCUT2D eigenvalue weighted by molar-refractivity contribution is -0.122. The monoisotopic (exact) mass is 409 g/mol. The van der Waals surface area contributed by atoms with Crippen LogP contribution in [0.15, 0.2) is 24.3 Å². The Morgan fingerprint density at radius 1 is 1.28 bits per heavy atom. The average Bonchev–Trinajstić information content (AvgIpc) is 3.00. The van der Waals surface area contributed by atoms with Crippen molar-refractivity contribution in [3.8, 4) is 0 Å². The number of hydrogen-bond acceptors (Lipinski definition) is 3. The Labute approximate surface area is 168 Å². The summed E-state index contributed by atoms with van der Waals surface area (Å²) in [6.45, 7) is 6.85. The molecule has 2 atom stereocenters. The van der Waals surface area contributed by atoms with Crippen molar-refractivity contribution in [1.82, 2.24) is 10.2 Å². The lowest BCUT2D eigenvalue weighted by atomic mass is 10.0. The first-order valence-electron chi connectivity index (χ1n) is 8.50. The summed E-state index contributed by atoms with van der Waals surface area (Å²) in [6.07, 6.45) is 3.12. The maximum absolute atomic E-state index is 12.2. The zero-order valence-corrected chi connectivity index (χ0v) is 17.3. The molecule has 7 heteroatoms. The molecule has 1 heterocycles. The molecule has 0 aromatic heterocycles. The fourth-order valence-electron chi connectivity index (χ4n) is 3.17. The second-order valence-electron chi connectivity index (χ2n) is 6.80. The van der Waals surface area contributed by atoms with Crippen molar-refractivity contribution in [1.29, 1.82) is 0 Å². The summed E-state index contributed by atoms with van der Waals surface area (Å²) < 4.78 is 0. The molecular formula is C18H30Cl3N3O. The van der Waals surface area contributed by atoms with Crippen molar-refractivity contribution < 1.29 is 4.79 Å². The van der Waals surface area contributed by atoms with Gasteiger partial charge < -0.3 is 11.1 Å². The Balaban J connectivity index is 0.00000288. The molecule has 0 saturated carbocycles. The molecule has 144 valence electrons. The average molecular weight is 411 g/mol. The van der Waals surface area contributed by atoms with Gasteiger partial charge in [-0.15, -0.1) is 24.8 Å². The third-order valence-corrected chi connectivity index (χ3v) is 4.58. The normalized spacial score (nSPS) is 16.7. The Hall–Kier alpha value is -0.520. The van der Waals surface area contributed by atoms with Gasteiger partial charge in [0.25, 0.3) is 0 Å². The summed E-state index contributed by atoms with van der Waals surface area (Å²) >= 11 is 6.14. The second kappa shape index (κ2) is 12.0. The number of amides is 1.